The predicted octanol–water partition coefficient (Wildman–Crippen LogP) is 0.858. The molecule has 18 heavy (non-hydrogen) atoms. The van der Waals surface area contributed by atoms with Crippen LogP contribution in [0.15, 0.2) is 0 Å². The lowest BCUT2D eigenvalue weighted by Crippen LogP contribution is -2.54. The van der Waals surface area contributed by atoms with Crippen LogP contribution in [-0.4, -0.2) is 60.6 Å². The second kappa shape index (κ2) is 7.34. The molecule has 1 heterocycles. The molecule has 0 amide bonds. The maximum atomic E-state index is 11.8. The molecule has 0 aliphatic carbocycles. The maximum Gasteiger partial charge on any atom is 0.323 e. The second-order valence-corrected chi connectivity index (χ2v) is 4.55. The minimum Gasteiger partial charge on any atom is -0.465 e. The molecule has 0 aromatic heterocycles. The SMILES string of the molecule is CCOC(=O)C(CC)N1CCN(C(C)C#N)CC1. The quantitative estimate of drug-likeness (QED) is 0.680. The van der Waals surface area contributed by atoms with Gasteiger partial charge in [-0.2, -0.15) is 5.26 Å². The summed E-state index contributed by atoms with van der Waals surface area (Å²) in [5, 5.41) is 8.89. The van der Waals surface area contributed by atoms with E-state index in [0.29, 0.717) is 6.61 Å². The Kier molecular flexibility index (Phi) is 6.10. The molecule has 5 heteroatoms. The second-order valence-electron chi connectivity index (χ2n) is 4.55. The molecule has 1 aliphatic rings. The largest absolute Gasteiger partial charge is 0.465 e. The first-order valence-electron chi connectivity index (χ1n) is 6.68. The molecule has 5 nitrogen and oxygen atoms in total. The number of esters is 1. The molecule has 0 aromatic carbocycles. The fourth-order valence-electron chi connectivity index (χ4n) is 2.33. The number of rotatable bonds is 5. The molecule has 1 aliphatic heterocycles. The number of ether oxygens (including phenoxy) is 1. The Hall–Kier alpha value is -1.12. The van der Waals surface area contributed by atoms with Crippen molar-refractivity contribution in [2.24, 2.45) is 0 Å². The Morgan fingerprint density at radius 1 is 1.28 bits per heavy atom. The predicted molar refractivity (Wildman–Crippen MR) is 68.9 cm³/mol. The van der Waals surface area contributed by atoms with Crippen LogP contribution in [0.5, 0.6) is 0 Å². The van der Waals surface area contributed by atoms with Crippen molar-refractivity contribution in [3.05, 3.63) is 0 Å². The number of hydrogen-bond donors (Lipinski definition) is 0. The minimum atomic E-state index is -0.135. The van der Waals surface area contributed by atoms with Gasteiger partial charge < -0.3 is 4.74 Å². The van der Waals surface area contributed by atoms with Crippen LogP contribution in [0.1, 0.15) is 27.2 Å². The molecule has 0 bridgehead atoms. The Bertz CT molecular complexity index is 306. The van der Waals surface area contributed by atoms with E-state index in [1.54, 1.807) is 0 Å². The first-order valence-corrected chi connectivity index (χ1v) is 6.68. The van der Waals surface area contributed by atoms with E-state index in [0.717, 1.165) is 32.6 Å². The van der Waals surface area contributed by atoms with Gasteiger partial charge in [0.2, 0.25) is 0 Å². The molecule has 2 unspecified atom stereocenters. The minimum absolute atomic E-state index is 0.0465. The van der Waals surface area contributed by atoms with Crippen LogP contribution >= 0.6 is 0 Å². The van der Waals surface area contributed by atoms with Crippen molar-refractivity contribution >= 4 is 5.97 Å². The monoisotopic (exact) mass is 253 g/mol. The Labute approximate surface area is 109 Å². The lowest BCUT2D eigenvalue weighted by atomic mass is 10.1. The van der Waals surface area contributed by atoms with Gasteiger partial charge in [0.1, 0.15) is 6.04 Å². The van der Waals surface area contributed by atoms with E-state index >= 15 is 0 Å². The maximum absolute atomic E-state index is 11.8. The molecule has 1 fully saturated rings. The third-order valence-corrected chi connectivity index (χ3v) is 3.47. The van der Waals surface area contributed by atoms with Crippen LogP contribution in [0.3, 0.4) is 0 Å². The van der Waals surface area contributed by atoms with E-state index in [1.807, 2.05) is 20.8 Å². The summed E-state index contributed by atoms with van der Waals surface area (Å²) < 4.78 is 5.10. The third-order valence-electron chi connectivity index (χ3n) is 3.47. The molecular weight excluding hydrogens is 230 g/mol. The van der Waals surface area contributed by atoms with Crippen molar-refractivity contribution in [3.8, 4) is 6.07 Å². The Morgan fingerprint density at radius 2 is 1.83 bits per heavy atom. The van der Waals surface area contributed by atoms with Crippen LogP contribution in [0.4, 0.5) is 0 Å². The van der Waals surface area contributed by atoms with Gasteiger partial charge in [0, 0.05) is 26.2 Å². The summed E-state index contributed by atoms with van der Waals surface area (Å²) in [5.41, 5.74) is 0. The van der Waals surface area contributed by atoms with Crippen LogP contribution in [-0.2, 0) is 9.53 Å². The molecule has 0 saturated carbocycles. The van der Waals surface area contributed by atoms with Gasteiger partial charge in [-0.3, -0.25) is 14.6 Å². The highest BCUT2D eigenvalue weighted by Crippen LogP contribution is 2.12. The van der Waals surface area contributed by atoms with Crippen LogP contribution < -0.4 is 0 Å². The summed E-state index contributed by atoms with van der Waals surface area (Å²) >= 11 is 0. The molecule has 0 aromatic rings. The Morgan fingerprint density at radius 3 is 2.28 bits per heavy atom. The fourth-order valence-corrected chi connectivity index (χ4v) is 2.33. The van der Waals surface area contributed by atoms with E-state index in [1.165, 1.54) is 0 Å². The van der Waals surface area contributed by atoms with E-state index in [4.69, 9.17) is 10.00 Å². The lowest BCUT2D eigenvalue weighted by Gasteiger charge is -2.38. The zero-order chi connectivity index (χ0) is 13.5. The zero-order valence-corrected chi connectivity index (χ0v) is 11.6. The van der Waals surface area contributed by atoms with E-state index in [2.05, 4.69) is 15.9 Å². The summed E-state index contributed by atoms with van der Waals surface area (Å²) in [6.45, 7) is 9.50. The molecule has 2 atom stereocenters. The average Bonchev–Trinajstić information content (AvgIpc) is 2.40. The van der Waals surface area contributed by atoms with Crippen molar-refractivity contribution < 1.29 is 9.53 Å². The van der Waals surface area contributed by atoms with Crippen molar-refractivity contribution in [1.29, 1.82) is 5.26 Å². The summed E-state index contributed by atoms with van der Waals surface area (Å²) in [6.07, 6.45) is 0.770. The highest BCUT2D eigenvalue weighted by molar-refractivity contribution is 5.75. The number of carbonyl (C=O) groups excluding carboxylic acids is 1. The smallest absolute Gasteiger partial charge is 0.323 e. The first-order chi connectivity index (χ1) is 8.63. The fraction of sp³-hybridized carbons (Fsp3) is 0.846. The van der Waals surface area contributed by atoms with Crippen LogP contribution in [0.2, 0.25) is 0 Å². The van der Waals surface area contributed by atoms with Crippen molar-refractivity contribution in [1.82, 2.24) is 9.80 Å². The third kappa shape index (κ3) is 3.69. The van der Waals surface area contributed by atoms with Gasteiger partial charge in [-0.15, -0.1) is 0 Å². The molecule has 102 valence electrons. The first kappa shape index (κ1) is 14.9. The summed E-state index contributed by atoms with van der Waals surface area (Å²) in [5.74, 6) is -0.123. The highest BCUT2D eigenvalue weighted by Gasteiger charge is 2.29. The van der Waals surface area contributed by atoms with Gasteiger partial charge in [0.05, 0.1) is 18.7 Å². The van der Waals surface area contributed by atoms with E-state index in [-0.39, 0.29) is 18.1 Å². The van der Waals surface area contributed by atoms with Crippen molar-refractivity contribution in [3.63, 3.8) is 0 Å². The van der Waals surface area contributed by atoms with Gasteiger partial charge in [-0.05, 0) is 20.3 Å². The number of nitrogens with zero attached hydrogens (tertiary/aromatic N) is 3. The standard InChI is InChI=1S/C13H23N3O2/c1-4-12(13(17)18-5-2)16-8-6-15(7-9-16)11(3)10-14/h11-12H,4-9H2,1-3H3. The van der Waals surface area contributed by atoms with Crippen molar-refractivity contribution in [2.75, 3.05) is 32.8 Å². The van der Waals surface area contributed by atoms with E-state index < -0.39 is 0 Å². The molecule has 0 N–H and O–H groups in total. The summed E-state index contributed by atoms with van der Waals surface area (Å²) in [7, 11) is 0. The van der Waals surface area contributed by atoms with Gasteiger partial charge in [-0.1, -0.05) is 6.92 Å². The van der Waals surface area contributed by atoms with Gasteiger partial charge in [0.15, 0.2) is 0 Å². The molecule has 0 radical (unpaired) electrons. The van der Waals surface area contributed by atoms with Gasteiger partial charge in [0.25, 0.3) is 0 Å². The van der Waals surface area contributed by atoms with Gasteiger partial charge in [-0.25, -0.2) is 0 Å². The van der Waals surface area contributed by atoms with Crippen LogP contribution in [0.25, 0.3) is 0 Å². The van der Waals surface area contributed by atoms with Gasteiger partial charge >= 0.3 is 5.97 Å². The molecule has 1 rings (SSSR count). The highest BCUT2D eigenvalue weighted by atomic mass is 16.5. The lowest BCUT2D eigenvalue weighted by molar-refractivity contribution is -0.150. The zero-order valence-electron chi connectivity index (χ0n) is 11.6. The number of piperazine rings is 1. The topological polar surface area (TPSA) is 56.6 Å². The van der Waals surface area contributed by atoms with Crippen LogP contribution in [0, 0.1) is 11.3 Å². The number of nitriles is 1. The average molecular weight is 253 g/mol. The Balaban J connectivity index is 2.50. The summed E-state index contributed by atoms with van der Waals surface area (Å²) in [6, 6.07) is 2.07. The molecule has 0 spiro atoms. The summed E-state index contributed by atoms with van der Waals surface area (Å²) in [4.78, 5) is 16.1. The normalized spacial score (nSPS) is 21.0. The van der Waals surface area contributed by atoms with E-state index in [9.17, 15) is 4.79 Å². The number of hydrogen-bond acceptors (Lipinski definition) is 5. The molecular formula is C13H23N3O2. The van der Waals surface area contributed by atoms with Crippen molar-refractivity contribution in [2.45, 2.75) is 39.3 Å². The number of carbonyl (C=O) groups is 1. The molecule has 1 saturated heterocycles.